The molecule has 8 N–H and O–H groups in total. The minimum atomic E-state index is -1.63. The van der Waals surface area contributed by atoms with Gasteiger partial charge in [0.2, 0.25) is 0 Å². The first-order valence-corrected chi connectivity index (χ1v) is 21.3. The maximum atomic E-state index is 13.1. The third-order valence-corrected chi connectivity index (χ3v) is 15.3. The number of allylic oxidation sites excluding steroid dienone is 6. The van der Waals surface area contributed by atoms with Crippen LogP contribution in [0.1, 0.15) is 126 Å². The Hall–Kier alpha value is -5.68. The Bertz CT molecular complexity index is 2220. The van der Waals surface area contributed by atoms with Crippen LogP contribution in [0.5, 0.6) is 0 Å². The number of nitrogens with zero attached hydrogens (tertiary/aromatic N) is 3. The van der Waals surface area contributed by atoms with Crippen LogP contribution in [0.25, 0.3) is 0 Å². The van der Waals surface area contributed by atoms with Crippen molar-refractivity contribution in [3.63, 3.8) is 0 Å². The number of nitrogens with one attached hydrogen (secondary N) is 1. The van der Waals surface area contributed by atoms with E-state index in [-0.39, 0.29) is 44.2 Å². The van der Waals surface area contributed by atoms with Gasteiger partial charge >= 0.3 is 41.8 Å². The summed E-state index contributed by atoms with van der Waals surface area (Å²) in [6.07, 6.45) is -1.45. The largest absolute Gasteiger partial charge is 0.481 e. The highest BCUT2D eigenvalue weighted by molar-refractivity contribution is 6.10. The lowest BCUT2D eigenvalue weighted by Gasteiger charge is -2.48. The van der Waals surface area contributed by atoms with Crippen LogP contribution in [0, 0.1) is 45.3 Å². The highest BCUT2D eigenvalue weighted by Gasteiger charge is 2.66. The number of carbonyl (C=O) groups is 7. The van der Waals surface area contributed by atoms with E-state index in [2.05, 4.69) is 5.32 Å². The lowest BCUT2D eigenvalue weighted by molar-refractivity contribution is -0.143. The molecule has 0 radical (unpaired) electrons. The summed E-state index contributed by atoms with van der Waals surface area (Å²) >= 11 is 0. The van der Waals surface area contributed by atoms with Crippen LogP contribution < -0.4 is 5.32 Å². The van der Waals surface area contributed by atoms with Crippen molar-refractivity contribution in [2.75, 3.05) is 0 Å². The molecule has 0 amide bonds. The first-order chi connectivity index (χ1) is 29.0. The van der Waals surface area contributed by atoms with Crippen molar-refractivity contribution in [2.45, 2.75) is 138 Å². The van der Waals surface area contributed by atoms with Crippen LogP contribution in [0.2, 0.25) is 0 Å². The molecule has 0 aromatic carbocycles. The number of aliphatic carboxylic acids is 7. The molecule has 344 valence electrons. The number of carboxylic acid groups (broad SMARTS) is 7. The van der Waals surface area contributed by atoms with Gasteiger partial charge in [0.1, 0.15) is 0 Å². The van der Waals surface area contributed by atoms with E-state index in [1.54, 1.807) is 47.6 Å². The molecule has 0 aromatic rings. The van der Waals surface area contributed by atoms with E-state index < -0.39 is 131 Å². The molecule has 9 atom stereocenters. The lowest BCUT2D eigenvalue weighted by atomic mass is 9.57. The van der Waals surface area contributed by atoms with Crippen molar-refractivity contribution in [3.8, 4) is 0 Å². The van der Waals surface area contributed by atoms with Gasteiger partial charge in [-0.1, -0.05) is 34.6 Å². The van der Waals surface area contributed by atoms with Gasteiger partial charge in [0, 0.05) is 105 Å². The van der Waals surface area contributed by atoms with Gasteiger partial charge in [-0.3, -0.25) is 48.5 Å². The summed E-state index contributed by atoms with van der Waals surface area (Å²) in [4.78, 5) is 104. The summed E-state index contributed by atoms with van der Waals surface area (Å²) in [7, 11) is 0. The molecule has 0 saturated carbocycles. The van der Waals surface area contributed by atoms with Crippen LogP contribution in [0.3, 0.4) is 0 Å². The topological polar surface area (TPSA) is 310 Å². The number of aliphatic imine (C=N–C) groups is 3. The van der Waals surface area contributed by atoms with Gasteiger partial charge in [-0.25, -0.2) is 0 Å². The predicted octanol–water partition coefficient (Wildman–Crippen LogP) is 5.92. The Kier molecular flexibility index (Phi) is 13.1. The molecule has 5 heterocycles. The third kappa shape index (κ3) is 8.56. The zero-order chi connectivity index (χ0) is 47.4. The van der Waals surface area contributed by atoms with Crippen LogP contribution in [-0.2, 0) is 33.6 Å². The Morgan fingerprint density at radius 1 is 0.683 bits per heavy atom. The summed E-state index contributed by atoms with van der Waals surface area (Å²) in [6, 6.07) is -1.15. The number of fused-ring (bicyclic) bond motifs is 6. The van der Waals surface area contributed by atoms with Crippen LogP contribution >= 0.6 is 0 Å². The van der Waals surface area contributed by atoms with Gasteiger partial charge in [0.05, 0.1) is 30.8 Å². The van der Waals surface area contributed by atoms with Crippen LogP contribution in [-0.4, -0.2) is 106 Å². The molecule has 5 rings (SSSR count). The Morgan fingerprint density at radius 2 is 1.22 bits per heavy atom. The van der Waals surface area contributed by atoms with Crippen LogP contribution in [0.4, 0.5) is 0 Å². The average molecular weight is 914 g/mol. The molecule has 0 spiro atoms. The van der Waals surface area contributed by atoms with E-state index in [0.717, 1.165) is 0 Å². The van der Waals surface area contributed by atoms with Crippen LogP contribution in [0.15, 0.2) is 49.3 Å². The van der Waals surface area contributed by atoms with Gasteiger partial charge in [-0.2, -0.15) is 0 Å². The first kappa shape index (κ1) is 48.4. The molecule has 0 unspecified atom stereocenters. The quantitative estimate of drug-likeness (QED) is 0.0585. The van der Waals surface area contributed by atoms with Crippen molar-refractivity contribution < 1.29 is 69.3 Å². The molecular weight excluding hydrogens is 853 g/mol. The molecule has 5 aliphatic heterocycles. The number of hydrogen-bond acceptors (Lipinski definition) is 11. The molecular formula is C45H60N4O14. The summed E-state index contributed by atoms with van der Waals surface area (Å²) in [6.45, 7) is 13.9. The normalized spacial score (nSPS) is 36.2. The van der Waals surface area contributed by atoms with Gasteiger partial charge in [0.15, 0.2) is 0 Å². The van der Waals surface area contributed by atoms with Gasteiger partial charge in [0.25, 0.3) is 0 Å². The first-order valence-electron chi connectivity index (χ1n) is 21.3. The van der Waals surface area contributed by atoms with E-state index in [1.807, 2.05) is 13.8 Å². The van der Waals surface area contributed by atoms with Crippen molar-refractivity contribution >= 4 is 58.9 Å². The fourth-order valence-electron chi connectivity index (χ4n) is 11.8. The van der Waals surface area contributed by atoms with Gasteiger partial charge in [-0.15, -0.1) is 0 Å². The van der Waals surface area contributed by atoms with E-state index >= 15 is 0 Å². The van der Waals surface area contributed by atoms with Gasteiger partial charge < -0.3 is 41.1 Å². The minimum absolute atomic E-state index is 0.0202. The second-order valence-electron chi connectivity index (χ2n) is 19.5. The van der Waals surface area contributed by atoms with E-state index in [4.69, 9.17) is 15.0 Å². The Balaban J connectivity index is 2.03. The monoisotopic (exact) mass is 913 g/mol. The highest BCUT2D eigenvalue weighted by Crippen LogP contribution is 2.62. The standard InChI is InChI=1S/C45H60N4O14/c1-21-36-24(10-13-30(52)53)41(3,4)28(47-36)18-27-23(9-12-29(50)51)43(6,19-34(60)61)39(46-27)22(2)37-25(11-14-31(54)55)44(7,20-35(62)63)45(8,49-37)40-26(17-33(58)59)42(5,38(21)48-40)16-15-32(56)57/h18,23-26,40,46H,9-17,19-20H2,1-8H3,(H,50,51)(H,52,53)(H,54,55)(H,56,57)(H,58,59)(H,60,61)(H,62,63)/b27-18-,36-21-,39-22-/t23-,24-,25-,26+,40-,42-,43+,44+,45+/m1/s1/i29+1,30+1,31+1,32+1,33+1,34+1,35+1,50+2,51+2,52+2,53+2,54+2,55+2,56+2,57+2,58+2,59+2,60+2,61+2,62+2. The lowest BCUT2D eigenvalue weighted by Crippen LogP contribution is -2.55. The third-order valence-electron chi connectivity index (χ3n) is 15.3. The number of carboxylic acids is 7. The maximum Gasteiger partial charge on any atom is 0.304 e. The molecule has 1 fully saturated rings. The highest BCUT2D eigenvalue weighted by atomic mass is 18.3. The number of hydrogen-bond donors (Lipinski definition) is 8. The number of rotatable bonds is 18. The molecule has 0 aromatic heterocycles. The zero-order valence-electron chi connectivity index (χ0n) is 37.1. The van der Waals surface area contributed by atoms with Crippen molar-refractivity contribution in [2.24, 2.45) is 60.3 Å². The molecule has 1 saturated heterocycles. The molecule has 0 aliphatic carbocycles. The molecule has 18 nitrogen and oxygen atoms in total. The fraction of sp³-hybridized carbons (Fsp3) is 0.644. The SMILES string of the molecule is C/C1=C2N=C(/C=C3\N/C(=C(/C)C4=N[C@@](C)([C@@H]5N=C1[C@](C)(CC[13C](=[18O])[18OH])[C@H]5C[13C](=[18O])[18OH])[C@@](C)(C[13C](=O)[18OH])[C@@H]4CC[13C](=[18O])[18OH])[C@@](C)(C[13C](=[18O])[18OH])[C@@H]3CC[13C](=[18O])[18OH])C(C)(C)[C@@H]/2CC[13C](=[18O])[18OH]. The summed E-state index contributed by atoms with van der Waals surface area (Å²) in [5.74, 6) is -11.5. The van der Waals surface area contributed by atoms with Gasteiger partial charge in [-0.05, 0) is 63.7 Å². The van der Waals surface area contributed by atoms with E-state index in [9.17, 15) is 69.3 Å². The second kappa shape index (κ2) is 17.1. The molecule has 18 heteroatoms. The summed E-state index contributed by atoms with van der Waals surface area (Å²) in [5, 5.41) is 75.1. The van der Waals surface area contributed by atoms with E-state index in [1.165, 1.54) is 0 Å². The summed E-state index contributed by atoms with van der Waals surface area (Å²) in [5.41, 5.74) is -3.60. The Labute approximate surface area is 365 Å². The van der Waals surface area contributed by atoms with Crippen molar-refractivity contribution in [1.29, 1.82) is 0 Å². The van der Waals surface area contributed by atoms with Crippen molar-refractivity contribution in [1.82, 2.24) is 5.32 Å². The predicted molar refractivity (Wildman–Crippen MR) is 227 cm³/mol. The zero-order valence-corrected chi connectivity index (χ0v) is 37.1. The molecule has 5 aliphatic rings. The minimum Gasteiger partial charge on any atom is -0.481 e. The fourth-order valence-corrected chi connectivity index (χ4v) is 11.8. The van der Waals surface area contributed by atoms with E-state index in [0.29, 0.717) is 39.7 Å². The second-order valence-corrected chi connectivity index (χ2v) is 19.5. The maximum absolute atomic E-state index is 13.1. The molecule has 8 bridgehead atoms. The average Bonchev–Trinajstić information content (AvgIpc) is 3.75. The summed E-state index contributed by atoms with van der Waals surface area (Å²) < 4.78 is 0. The van der Waals surface area contributed by atoms with Crippen molar-refractivity contribution in [3.05, 3.63) is 34.3 Å². The smallest absolute Gasteiger partial charge is 0.304 e. The Morgan fingerprint density at radius 3 is 1.73 bits per heavy atom. The molecule has 63 heavy (non-hydrogen) atoms.